The van der Waals surface area contributed by atoms with Crippen LogP contribution in [0.2, 0.25) is 0 Å². The first-order chi connectivity index (χ1) is 6.76. The molecule has 0 aliphatic rings. The number of aliphatic hydroxyl groups is 1. The Morgan fingerprint density at radius 1 is 1.43 bits per heavy atom. The van der Waals surface area contributed by atoms with Gasteiger partial charge in [-0.05, 0) is 32.6 Å². The summed E-state index contributed by atoms with van der Waals surface area (Å²) in [5.41, 5.74) is 0. The van der Waals surface area contributed by atoms with Gasteiger partial charge in [-0.15, -0.1) is 0 Å². The van der Waals surface area contributed by atoms with Crippen molar-refractivity contribution in [1.82, 2.24) is 5.32 Å². The monoisotopic (exact) mass is 221 g/mol. The largest absolute Gasteiger partial charge is 0.395 e. The van der Waals surface area contributed by atoms with E-state index in [4.69, 9.17) is 9.84 Å². The number of methoxy groups -OCH3 is 1. The Morgan fingerprint density at radius 3 is 2.64 bits per heavy atom. The molecule has 0 aromatic rings. The maximum atomic E-state index is 9.06. The molecule has 0 aliphatic heterocycles. The molecule has 0 saturated heterocycles. The Morgan fingerprint density at radius 2 is 2.14 bits per heavy atom. The van der Waals surface area contributed by atoms with Crippen LogP contribution in [0.5, 0.6) is 0 Å². The zero-order valence-electron chi connectivity index (χ0n) is 9.45. The number of rotatable bonds is 9. The molecule has 0 rings (SSSR count). The Hall–Kier alpha value is 0.230. The van der Waals surface area contributed by atoms with Crippen molar-refractivity contribution in [2.45, 2.75) is 31.1 Å². The van der Waals surface area contributed by atoms with Gasteiger partial charge in [-0.2, -0.15) is 11.8 Å². The molecule has 0 saturated carbocycles. The summed E-state index contributed by atoms with van der Waals surface area (Å²) in [5, 5.41) is 12.8. The first-order valence-corrected chi connectivity index (χ1v) is 6.41. The molecule has 2 unspecified atom stereocenters. The third kappa shape index (κ3) is 6.65. The van der Waals surface area contributed by atoms with Gasteiger partial charge in [0.05, 0.1) is 6.61 Å². The van der Waals surface area contributed by atoms with E-state index >= 15 is 0 Å². The smallest absolute Gasteiger partial charge is 0.0564 e. The van der Waals surface area contributed by atoms with Crippen LogP contribution in [0.15, 0.2) is 0 Å². The summed E-state index contributed by atoms with van der Waals surface area (Å²) >= 11 is 1.71. The maximum absolute atomic E-state index is 9.06. The van der Waals surface area contributed by atoms with E-state index in [1.165, 1.54) is 0 Å². The van der Waals surface area contributed by atoms with Crippen LogP contribution in [0.4, 0.5) is 0 Å². The van der Waals surface area contributed by atoms with Gasteiger partial charge in [-0.1, -0.05) is 0 Å². The van der Waals surface area contributed by atoms with Crippen molar-refractivity contribution in [2.75, 3.05) is 33.1 Å². The van der Waals surface area contributed by atoms with Crippen LogP contribution in [0, 0.1) is 0 Å². The molecule has 0 aromatic carbocycles. The van der Waals surface area contributed by atoms with Crippen molar-refractivity contribution in [3.8, 4) is 0 Å². The maximum Gasteiger partial charge on any atom is 0.0564 e. The van der Waals surface area contributed by atoms with E-state index in [1.54, 1.807) is 18.9 Å². The van der Waals surface area contributed by atoms with E-state index < -0.39 is 0 Å². The lowest BCUT2D eigenvalue weighted by atomic mass is 10.2. The number of hydrogen-bond acceptors (Lipinski definition) is 4. The molecule has 0 fully saturated rings. The van der Waals surface area contributed by atoms with E-state index in [0.29, 0.717) is 11.3 Å². The molecule has 0 aromatic heterocycles. The lowest BCUT2D eigenvalue weighted by Gasteiger charge is -2.21. The summed E-state index contributed by atoms with van der Waals surface area (Å²) in [7, 11) is 1.73. The second-order valence-corrected chi connectivity index (χ2v) is 4.48. The second-order valence-electron chi connectivity index (χ2n) is 3.40. The number of thioether (sulfide) groups is 1. The molecule has 4 heteroatoms. The molecule has 86 valence electrons. The zero-order chi connectivity index (χ0) is 10.8. The van der Waals surface area contributed by atoms with E-state index in [2.05, 4.69) is 12.2 Å². The van der Waals surface area contributed by atoms with Crippen molar-refractivity contribution in [3.05, 3.63) is 0 Å². The van der Waals surface area contributed by atoms with Gasteiger partial charge in [-0.25, -0.2) is 0 Å². The molecule has 0 amide bonds. The molecule has 0 radical (unpaired) electrons. The minimum atomic E-state index is 0.243. The quantitative estimate of drug-likeness (QED) is 0.572. The summed E-state index contributed by atoms with van der Waals surface area (Å²) in [6.07, 6.45) is 4.26. The first kappa shape index (κ1) is 14.2. The van der Waals surface area contributed by atoms with Gasteiger partial charge in [0.25, 0.3) is 0 Å². The lowest BCUT2D eigenvalue weighted by Crippen LogP contribution is -2.38. The van der Waals surface area contributed by atoms with Crippen molar-refractivity contribution in [3.63, 3.8) is 0 Å². The lowest BCUT2D eigenvalue weighted by molar-refractivity contribution is 0.192. The Bertz CT molecular complexity index is 121. The predicted octanol–water partition coefficient (Wildman–Crippen LogP) is 1.11. The molecular weight excluding hydrogens is 198 g/mol. The molecule has 0 heterocycles. The normalized spacial score (nSPS) is 15.4. The molecule has 2 atom stereocenters. The first-order valence-electron chi connectivity index (χ1n) is 5.12. The number of nitrogens with one attached hydrogen (secondary N) is 1. The van der Waals surface area contributed by atoms with E-state index in [0.717, 1.165) is 26.0 Å². The minimum absolute atomic E-state index is 0.243. The van der Waals surface area contributed by atoms with Crippen LogP contribution >= 0.6 is 11.8 Å². The van der Waals surface area contributed by atoms with E-state index in [-0.39, 0.29) is 6.61 Å². The third-order valence-electron chi connectivity index (χ3n) is 2.28. The van der Waals surface area contributed by atoms with Crippen LogP contribution < -0.4 is 5.32 Å². The Labute approximate surface area is 91.6 Å². The molecule has 2 N–H and O–H groups in total. The van der Waals surface area contributed by atoms with Crippen LogP contribution in [0.3, 0.4) is 0 Å². The Balaban J connectivity index is 3.37. The number of unbranched alkanes of at least 4 members (excludes halogenated alkanes) is 1. The predicted molar refractivity (Wildman–Crippen MR) is 63.0 cm³/mol. The summed E-state index contributed by atoms with van der Waals surface area (Å²) < 4.78 is 4.97. The molecule has 0 aliphatic carbocycles. The van der Waals surface area contributed by atoms with Crippen LogP contribution in [0.1, 0.15) is 19.8 Å². The fraction of sp³-hybridized carbons (Fsp3) is 1.00. The third-order valence-corrected chi connectivity index (χ3v) is 3.44. The van der Waals surface area contributed by atoms with Crippen LogP contribution in [0.25, 0.3) is 0 Å². The van der Waals surface area contributed by atoms with Gasteiger partial charge in [0.1, 0.15) is 0 Å². The highest BCUT2D eigenvalue weighted by atomic mass is 32.2. The number of aliphatic hydroxyl groups excluding tert-OH is 1. The average molecular weight is 221 g/mol. The summed E-state index contributed by atoms with van der Waals surface area (Å²) in [6, 6.07) is 0.373. The highest BCUT2D eigenvalue weighted by molar-refractivity contribution is 7.99. The van der Waals surface area contributed by atoms with Crippen molar-refractivity contribution in [1.29, 1.82) is 0 Å². The van der Waals surface area contributed by atoms with Crippen molar-refractivity contribution >= 4 is 11.8 Å². The molecule has 3 nitrogen and oxygen atoms in total. The molecule has 14 heavy (non-hydrogen) atoms. The molecule has 0 bridgehead atoms. The van der Waals surface area contributed by atoms with E-state index in [9.17, 15) is 0 Å². The van der Waals surface area contributed by atoms with Gasteiger partial charge in [0, 0.05) is 25.0 Å². The molecule has 0 spiro atoms. The topological polar surface area (TPSA) is 41.5 Å². The number of hydrogen-bond donors (Lipinski definition) is 2. The zero-order valence-corrected chi connectivity index (χ0v) is 10.3. The standard InChI is InChI=1S/C10H23NO2S/c1-9(10(8-12)14-3)11-6-4-5-7-13-2/h9-12H,4-8H2,1-3H3. The van der Waals surface area contributed by atoms with Gasteiger partial charge in [0.2, 0.25) is 0 Å². The fourth-order valence-electron chi connectivity index (χ4n) is 1.27. The van der Waals surface area contributed by atoms with Gasteiger partial charge < -0.3 is 15.2 Å². The van der Waals surface area contributed by atoms with Gasteiger partial charge >= 0.3 is 0 Å². The summed E-state index contributed by atoms with van der Waals surface area (Å²) in [4.78, 5) is 0. The summed E-state index contributed by atoms with van der Waals surface area (Å²) in [6.45, 7) is 4.20. The average Bonchev–Trinajstić information content (AvgIpc) is 2.19. The fourth-order valence-corrected chi connectivity index (χ4v) is 1.92. The number of ether oxygens (including phenoxy) is 1. The van der Waals surface area contributed by atoms with Crippen molar-refractivity contribution < 1.29 is 9.84 Å². The highest BCUT2D eigenvalue weighted by Gasteiger charge is 2.13. The molecular formula is C10H23NO2S. The van der Waals surface area contributed by atoms with E-state index in [1.807, 2.05) is 6.26 Å². The second kappa shape index (κ2) is 9.77. The SMILES string of the molecule is COCCCCNC(C)C(CO)SC. The van der Waals surface area contributed by atoms with Crippen molar-refractivity contribution in [2.24, 2.45) is 0 Å². The highest BCUT2D eigenvalue weighted by Crippen LogP contribution is 2.09. The summed E-state index contributed by atoms with van der Waals surface area (Å²) in [5.74, 6) is 0. The van der Waals surface area contributed by atoms with Crippen LogP contribution in [-0.2, 0) is 4.74 Å². The van der Waals surface area contributed by atoms with Gasteiger partial charge in [0.15, 0.2) is 0 Å². The Kier molecular flexibility index (Phi) is 9.93. The van der Waals surface area contributed by atoms with Crippen LogP contribution in [-0.4, -0.2) is 49.5 Å². The van der Waals surface area contributed by atoms with Gasteiger partial charge in [-0.3, -0.25) is 0 Å². The minimum Gasteiger partial charge on any atom is -0.395 e.